The molecule has 0 aliphatic rings. The summed E-state index contributed by atoms with van der Waals surface area (Å²) in [5.74, 6) is -0.218. The van der Waals surface area contributed by atoms with Crippen molar-refractivity contribution in [1.82, 2.24) is 10.3 Å². The topological polar surface area (TPSA) is 68.0 Å². The molecule has 0 aliphatic heterocycles. The Kier molecular flexibility index (Phi) is 5.17. The molecule has 1 amide bonds. The van der Waals surface area contributed by atoms with Crippen LogP contribution in [0, 0.1) is 0 Å². The zero-order valence-electron chi connectivity index (χ0n) is 8.03. The van der Waals surface area contributed by atoms with Gasteiger partial charge in [0.25, 0.3) is 0 Å². The Morgan fingerprint density at radius 3 is 3.07 bits per heavy atom. The average Bonchev–Trinajstić information content (AvgIpc) is 2.63. The normalized spacial score (nSPS) is 10.3. The van der Waals surface area contributed by atoms with Gasteiger partial charge in [0.15, 0.2) is 0 Å². The summed E-state index contributed by atoms with van der Waals surface area (Å²) in [4.78, 5) is 14.6. The maximum Gasteiger partial charge on any atom is 0.217 e. The van der Waals surface area contributed by atoms with E-state index in [2.05, 4.69) is 10.3 Å². The largest absolute Gasteiger partial charge is 0.370 e. The summed E-state index contributed by atoms with van der Waals surface area (Å²) >= 11 is 1.64. The fraction of sp³-hybridized carbons (Fsp3) is 0.556. The predicted molar refractivity (Wildman–Crippen MR) is 56.9 cm³/mol. The lowest BCUT2D eigenvalue weighted by Crippen LogP contribution is -2.16. The second-order valence-corrected chi connectivity index (χ2v) is 4.01. The summed E-state index contributed by atoms with van der Waals surface area (Å²) in [5.41, 5.74) is 5.02. The van der Waals surface area contributed by atoms with Crippen molar-refractivity contribution in [1.29, 1.82) is 0 Å². The van der Waals surface area contributed by atoms with Gasteiger partial charge in [-0.1, -0.05) is 0 Å². The molecular formula is C9H15N3OS. The van der Waals surface area contributed by atoms with E-state index in [1.807, 2.05) is 5.38 Å². The van der Waals surface area contributed by atoms with Crippen molar-refractivity contribution >= 4 is 17.2 Å². The Morgan fingerprint density at radius 1 is 1.57 bits per heavy atom. The van der Waals surface area contributed by atoms with E-state index in [1.165, 1.54) is 0 Å². The Morgan fingerprint density at radius 2 is 2.43 bits per heavy atom. The summed E-state index contributed by atoms with van der Waals surface area (Å²) in [5, 5.41) is 6.32. The summed E-state index contributed by atoms with van der Waals surface area (Å²) in [6.45, 7) is 1.72. The summed E-state index contributed by atoms with van der Waals surface area (Å²) in [6.07, 6.45) is 4.13. The third-order valence-electron chi connectivity index (χ3n) is 1.79. The van der Waals surface area contributed by atoms with E-state index in [0.717, 1.165) is 30.9 Å². The van der Waals surface area contributed by atoms with Gasteiger partial charge in [-0.25, -0.2) is 4.98 Å². The highest BCUT2D eigenvalue weighted by molar-refractivity contribution is 7.09. The number of amides is 1. The van der Waals surface area contributed by atoms with Crippen LogP contribution in [0.5, 0.6) is 0 Å². The summed E-state index contributed by atoms with van der Waals surface area (Å²) < 4.78 is 0. The molecule has 5 heteroatoms. The van der Waals surface area contributed by atoms with E-state index < -0.39 is 0 Å². The number of nitrogens with one attached hydrogen (secondary N) is 1. The van der Waals surface area contributed by atoms with Crippen molar-refractivity contribution in [3.8, 4) is 0 Å². The van der Waals surface area contributed by atoms with Gasteiger partial charge in [-0.05, 0) is 19.4 Å². The number of nitrogens with two attached hydrogens (primary N) is 1. The van der Waals surface area contributed by atoms with Gasteiger partial charge < -0.3 is 11.1 Å². The van der Waals surface area contributed by atoms with Gasteiger partial charge in [0, 0.05) is 24.5 Å². The Labute approximate surface area is 87.5 Å². The number of aromatic nitrogens is 1. The van der Waals surface area contributed by atoms with E-state index in [4.69, 9.17) is 5.73 Å². The fourth-order valence-corrected chi connectivity index (χ4v) is 1.67. The predicted octanol–water partition coefficient (Wildman–Crippen LogP) is 0.888. The molecule has 0 spiro atoms. The third-order valence-corrected chi connectivity index (χ3v) is 2.57. The van der Waals surface area contributed by atoms with Crippen LogP contribution in [0.1, 0.15) is 24.3 Å². The molecule has 14 heavy (non-hydrogen) atoms. The van der Waals surface area contributed by atoms with Crippen LogP contribution < -0.4 is 11.1 Å². The van der Waals surface area contributed by atoms with E-state index in [9.17, 15) is 4.79 Å². The number of nitrogens with zero attached hydrogens (tertiary/aromatic N) is 1. The van der Waals surface area contributed by atoms with Gasteiger partial charge in [0.2, 0.25) is 5.91 Å². The van der Waals surface area contributed by atoms with E-state index in [1.54, 1.807) is 17.5 Å². The summed E-state index contributed by atoms with van der Waals surface area (Å²) in [6, 6.07) is 0. The number of unbranched alkanes of at least 4 members (excludes halogenated alkanes) is 1. The number of thiazole rings is 1. The molecular weight excluding hydrogens is 198 g/mol. The number of carbonyl (C=O) groups excluding carboxylic acids is 1. The molecule has 78 valence electrons. The minimum Gasteiger partial charge on any atom is -0.370 e. The molecule has 4 nitrogen and oxygen atoms in total. The zero-order valence-corrected chi connectivity index (χ0v) is 8.85. The van der Waals surface area contributed by atoms with Crippen molar-refractivity contribution in [3.63, 3.8) is 0 Å². The zero-order chi connectivity index (χ0) is 10.2. The second kappa shape index (κ2) is 6.50. The van der Waals surface area contributed by atoms with Gasteiger partial charge in [-0.2, -0.15) is 0 Å². The molecule has 0 saturated heterocycles. The summed E-state index contributed by atoms with van der Waals surface area (Å²) in [7, 11) is 0. The van der Waals surface area contributed by atoms with Gasteiger partial charge in [-0.3, -0.25) is 4.79 Å². The van der Waals surface area contributed by atoms with Gasteiger partial charge >= 0.3 is 0 Å². The monoisotopic (exact) mass is 213 g/mol. The minimum atomic E-state index is -0.218. The van der Waals surface area contributed by atoms with Gasteiger partial charge in [0.05, 0.1) is 0 Å². The quantitative estimate of drug-likeness (QED) is 0.661. The van der Waals surface area contributed by atoms with Crippen LogP contribution >= 0.6 is 11.3 Å². The van der Waals surface area contributed by atoms with Gasteiger partial charge in [-0.15, -0.1) is 11.3 Å². The van der Waals surface area contributed by atoms with Crippen molar-refractivity contribution in [2.45, 2.75) is 25.8 Å². The first-order valence-corrected chi connectivity index (χ1v) is 5.54. The van der Waals surface area contributed by atoms with Crippen LogP contribution in [0.3, 0.4) is 0 Å². The van der Waals surface area contributed by atoms with Crippen LogP contribution in [0.25, 0.3) is 0 Å². The first-order valence-electron chi connectivity index (χ1n) is 4.66. The fourth-order valence-electron chi connectivity index (χ4n) is 1.08. The minimum absolute atomic E-state index is 0.218. The Balaban J connectivity index is 1.92. The molecule has 0 bridgehead atoms. The van der Waals surface area contributed by atoms with E-state index in [-0.39, 0.29) is 5.91 Å². The number of hydrogen-bond acceptors (Lipinski definition) is 4. The van der Waals surface area contributed by atoms with E-state index >= 15 is 0 Å². The maximum absolute atomic E-state index is 10.4. The molecule has 3 N–H and O–H groups in total. The van der Waals surface area contributed by atoms with Crippen LogP contribution in [0.15, 0.2) is 11.6 Å². The SMILES string of the molecule is NC(=O)CCCCNCc1nccs1. The molecule has 0 aliphatic carbocycles. The van der Waals surface area contributed by atoms with Crippen LogP contribution in [0.4, 0.5) is 0 Å². The molecule has 1 rings (SSSR count). The van der Waals surface area contributed by atoms with Crippen molar-refractivity contribution < 1.29 is 4.79 Å². The lowest BCUT2D eigenvalue weighted by Gasteiger charge is -2.00. The molecule has 0 radical (unpaired) electrons. The van der Waals surface area contributed by atoms with Crippen LogP contribution in [0.2, 0.25) is 0 Å². The lowest BCUT2D eigenvalue weighted by atomic mass is 10.2. The standard InChI is InChI=1S/C9H15N3OS/c10-8(13)3-1-2-4-11-7-9-12-5-6-14-9/h5-6,11H,1-4,7H2,(H2,10,13). The molecule has 0 fully saturated rings. The Hall–Kier alpha value is -0.940. The number of rotatable bonds is 7. The average molecular weight is 213 g/mol. The lowest BCUT2D eigenvalue weighted by molar-refractivity contribution is -0.118. The number of hydrogen-bond donors (Lipinski definition) is 2. The molecule has 1 aromatic rings. The van der Waals surface area contributed by atoms with Crippen molar-refractivity contribution in [2.75, 3.05) is 6.54 Å². The van der Waals surface area contributed by atoms with Crippen molar-refractivity contribution in [2.24, 2.45) is 5.73 Å². The maximum atomic E-state index is 10.4. The first-order chi connectivity index (χ1) is 6.79. The Bertz CT molecular complexity index is 261. The highest BCUT2D eigenvalue weighted by Gasteiger charge is 1.96. The molecule has 0 saturated carbocycles. The molecule has 0 atom stereocenters. The number of primary amides is 1. The first kappa shape index (κ1) is 11.1. The highest BCUT2D eigenvalue weighted by Crippen LogP contribution is 2.02. The van der Waals surface area contributed by atoms with E-state index in [0.29, 0.717) is 6.42 Å². The van der Waals surface area contributed by atoms with Crippen LogP contribution in [-0.4, -0.2) is 17.4 Å². The second-order valence-electron chi connectivity index (χ2n) is 3.03. The van der Waals surface area contributed by atoms with Crippen molar-refractivity contribution in [3.05, 3.63) is 16.6 Å². The smallest absolute Gasteiger partial charge is 0.217 e. The molecule has 1 heterocycles. The van der Waals surface area contributed by atoms with Crippen LogP contribution in [-0.2, 0) is 11.3 Å². The molecule has 1 aromatic heterocycles. The third kappa shape index (κ3) is 4.94. The number of carbonyl (C=O) groups is 1. The highest BCUT2D eigenvalue weighted by atomic mass is 32.1. The molecule has 0 unspecified atom stereocenters. The van der Waals surface area contributed by atoms with Gasteiger partial charge in [0.1, 0.15) is 5.01 Å². The molecule has 0 aromatic carbocycles.